The fraction of sp³-hybridized carbons (Fsp3) is 0.235. The molecule has 6 heteroatoms. The Hall–Kier alpha value is -3.07. The molecule has 0 unspecified atom stereocenters. The molecule has 0 atom stereocenters. The van der Waals surface area contributed by atoms with Gasteiger partial charge in [0.15, 0.2) is 0 Å². The summed E-state index contributed by atoms with van der Waals surface area (Å²) in [5.74, 6) is 3.64. The van der Waals surface area contributed by atoms with Crippen LogP contribution in [0.4, 0.5) is 0 Å². The summed E-state index contributed by atoms with van der Waals surface area (Å²) in [4.78, 5) is 38.2. The molecule has 1 N–H and O–H groups in total. The van der Waals surface area contributed by atoms with Crippen molar-refractivity contribution in [3.05, 3.63) is 45.7 Å². The van der Waals surface area contributed by atoms with E-state index in [1.54, 1.807) is 26.0 Å². The van der Waals surface area contributed by atoms with Crippen molar-refractivity contribution >= 4 is 22.8 Å². The molecular weight excluding hydrogens is 298 g/mol. The van der Waals surface area contributed by atoms with E-state index < -0.39 is 17.4 Å². The minimum atomic E-state index is -0.682. The predicted octanol–water partition coefficient (Wildman–Crippen LogP) is 1.62. The summed E-state index contributed by atoms with van der Waals surface area (Å²) in [7, 11) is 0. The number of carbonyl (C=O) groups is 2. The lowest BCUT2D eigenvalue weighted by molar-refractivity contribution is -0.136. The third kappa shape index (κ3) is 3.77. The number of nitrogens with one attached hydrogen (secondary N) is 1. The van der Waals surface area contributed by atoms with E-state index in [1.807, 2.05) is 0 Å². The number of pyridine rings is 1. The third-order valence-corrected chi connectivity index (χ3v) is 2.96. The van der Waals surface area contributed by atoms with Crippen molar-refractivity contribution < 1.29 is 19.1 Å². The van der Waals surface area contributed by atoms with Crippen LogP contribution < -0.4 is 5.43 Å². The first-order valence-corrected chi connectivity index (χ1v) is 7.08. The van der Waals surface area contributed by atoms with Gasteiger partial charge in [-0.1, -0.05) is 5.92 Å². The number of hydrogen-bond donors (Lipinski definition) is 1. The molecule has 23 heavy (non-hydrogen) atoms. The standard InChI is InChI=1S/C17H15NO5/c1-3-22-15(19)8-6-11-5-7-14-12(9-11)16(20)13(10-18-14)17(21)23-4-2/h5,7,9-10H,3-4H2,1-2H3,(H,18,20). The number of hydrogen-bond acceptors (Lipinski definition) is 5. The van der Waals surface area contributed by atoms with Crippen molar-refractivity contribution in [1.29, 1.82) is 0 Å². The summed E-state index contributed by atoms with van der Waals surface area (Å²) < 4.78 is 9.56. The van der Waals surface area contributed by atoms with E-state index in [1.165, 1.54) is 12.3 Å². The molecule has 0 spiro atoms. The zero-order chi connectivity index (χ0) is 16.8. The van der Waals surface area contributed by atoms with E-state index >= 15 is 0 Å². The Balaban J connectivity index is 2.45. The highest BCUT2D eigenvalue weighted by atomic mass is 16.5. The largest absolute Gasteiger partial charge is 0.462 e. The Kier molecular flexibility index (Phi) is 5.15. The van der Waals surface area contributed by atoms with Gasteiger partial charge in [-0.2, -0.15) is 0 Å². The highest BCUT2D eigenvalue weighted by Gasteiger charge is 2.13. The van der Waals surface area contributed by atoms with Crippen molar-refractivity contribution in [2.75, 3.05) is 13.2 Å². The summed E-state index contributed by atoms with van der Waals surface area (Å²) in [5, 5.41) is 0.297. The third-order valence-electron chi connectivity index (χ3n) is 2.96. The molecule has 6 nitrogen and oxygen atoms in total. The number of ether oxygens (including phenoxy) is 2. The first-order chi connectivity index (χ1) is 11.1. The van der Waals surface area contributed by atoms with Gasteiger partial charge in [0, 0.05) is 28.6 Å². The van der Waals surface area contributed by atoms with E-state index in [-0.39, 0.29) is 18.8 Å². The molecule has 0 radical (unpaired) electrons. The average Bonchev–Trinajstić information content (AvgIpc) is 2.54. The smallest absolute Gasteiger partial charge is 0.384 e. The molecule has 118 valence electrons. The zero-order valence-electron chi connectivity index (χ0n) is 12.8. The lowest BCUT2D eigenvalue weighted by Gasteiger charge is -2.03. The summed E-state index contributed by atoms with van der Waals surface area (Å²) in [6.07, 6.45) is 1.33. The van der Waals surface area contributed by atoms with Crippen LogP contribution in [0.15, 0.2) is 29.2 Å². The maximum absolute atomic E-state index is 12.4. The molecule has 1 aromatic heterocycles. The molecule has 0 fully saturated rings. The van der Waals surface area contributed by atoms with Crippen LogP contribution in [-0.4, -0.2) is 30.1 Å². The van der Waals surface area contributed by atoms with E-state index in [2.05, 4.69) is 16.8 Å². The molecule has 0 aliphatic carbocycles. The zero-order valence-corrected chi connectivity index (χ0v) is 12.8. The number of aromatic nitrogens is 1. The predicted molar refractivity (Wildman–Crippen MR) is 84.0 cm³/mol. The van der Waals surface area contributed by atoms with Crippen molar-refractivity contribution in [2.45, 2.75) is 13.8 Å². The van der Waals surface area contributed by atoms with Crippen molar-refractivity contribution in [3.63, 3.8) is 0 Å². The van der Waals surface area contributed by atoms with Crippen molar-refractivity contribution in [1.82, 2.24) is 4.98 Å². The van der Waals surface area contributed by atoms with Gasteiger partial charge in [-0.15, -0.1) is 0 Å². The Labute approximate surface area is 132 Å². The van der Waals surface area contributed by atoms with Crippen LogP contribution in [0.1, 0.15) is 29.8 Å². The van der Waals surface area contributed by atoms with Gasteiger partial charge in [-0.25, -0.2) is 9.59 Å². The second kappa shape index (κ2) is 7.27. The topological polar surface area (TPSA) is 85.5 Å². The van der Waals surface area contributed by atoms with Crippen LogP contribution >= 0.6 is 0 Å². The lowest BCUT2D eigenvalue weighted by Crippen LogP contribution is -2.18. The first-order valence-electron chi connectivity index (χ1n) is 7.08. The molecule has 1 heterocycles. The number of carbonyl (C=O) groups excluding carboxylic acids is 2. The van der Waals surface area contributed by atoms with E-state index in [0.717, 1.165) is 0 Å². The van der Waals surface area contributed by atoms with E-state index in [9.17, 15) is 14.4 Å². The lowest BCUT2D eigenvalue weighted by atomic mass is 10.1. The van der Waals surface area contributed by atoms with Crippen LogP contribution in [0, 0.1) is 11.8 Å². The summed E-state index contributed by atoms with van der Waals surface area (Å²) in [6, 6.07) is 4.83. The highest BCUT2D eigenvalue weighted by Crippen LogP contribution is 2.11. The minimum Gasteiger partial charge on any atom is -0.462 e. The number of esters is 2. The van der Waals surface area contributed by atoms with Gasteiger partial charge in [-0.05, 0) is 32.0 Å². The number of H-pyrrole nitrogens is 1. The highest BCUT2D eigenvalue weighted by molar-refractivity contribution is 5.94. The molecule has 0 aliphatic heterocycles. The minimum absolute atomic E-state index is 0.0742. The molecule has 2 aromatic rings. The van der Waals surface area contributed by atoms with Crippen LogP contribution in [0.25, 0.3) is 10.9 Å². The van der Waals surface area contributed by atoms with Crippen LogP contribution in [-0.2, 0) is 14.3 Å². The van der Waals surface area contributed by atoms with Crippen LogP contribution in [0.5, 0.6) is 0 Å². The van der Waals surface area contributed by atoms with E-state index in [0.29, 0.717) is 16.5 Å². The monoisotopic (exact) mass is 313 g/mol. The molecule has 0 saturated heterocycles. The van der Waals surface area contributed by atoms with Crippen LogP contribution in [0.3, 0.4) is 0 Å². The normalized spacial score (nSPS) is 9.83. The molecule has 0 bridgehead atoms. The van der Waals surface area contributed by atoms with E-state index in [4.69, 9.17) is 9.47 Å². The molecule has 0 amide bonds. The molecule has 0 saturated carbocycles. The van der Waals surface area contributed by atoms with Gasteiger partial charge in [0.05, 0.1) is 13.2 Å². The summed E-state index contributed by atoms with van der Waals surface area (Å²) in [6.45, 7) is 3.78. The average molecular weight is 313 g/mol. The molecular formula is C17H15NO5. The fourth-order valence-electron chi connectivity index (χ4n) is 1.95. The molecule has 0 aliphatic rings. The van der Waals surface area contributed by atoms with Gasteiger partial charge in [0.1, 0.15) is 5.56 Å². The number of rotatable bonds is 3. The number of aromatic amines is 1. The second-order valence-corrected chi connectivity index (χ2v) is 4.48. The van der Waals surface area contributed by atoms with Gasteiger partial charge in [0.2, 0.25) is 5.43 Å². The van der Waals surface area contributed by atoms with Crippen molar-refractivity contribution in [3.8, 4) is 11.8 Å². The molecule has 1 aromatic carbocycles. The van der Waals surface area contributed by atoms with Gasteiger partial charge < -0.3 is 14.5 Å². The Morgan fingerprint density at radius 3 is 2.61 bits per heavy atom. The number of benzene rings is 1. The summed E-state index contributed by atoms with van der Waals surface area (Å²) >= 11 is 0. The van der Waals surface area contributed by atoms with Crippen molar-refractivity contribution in [2.24, 2.45) is 0 Å². The van der Waals surface area contributed by atoms with Gasteiger partial charge in [0.25, 0.3) is 0 Å². The maximum Gasteiger partial charge on any atom is 0.384 e. The second-order valence-electron chi connectivity index (χ2n) is 4.48. The quantitative estimate of drug-likeness (QED) is 0.687. The SMILES string of the molecule is CCOC(=O)C#Cc1ccc2[nH]cc(C(=O)OCC)c(=O)c2c1. The van der Waals surface area contributed by atoms with Crippen LogP contribution in [0.2, 0.25) is 0 Å². The Morgan fingerprint density at radius 2 is 1.91 bits per heavy atom. The Bertz CT molecular complexity index is 870. The van der Waals surface area contributed by atoms with Gasteiger partial charge in [-0.3, -0.25) is 4.79 Å². The summed E-state index contributed by atoms with van der Waals surface area (Å²) in [5.41, 5.74) is 0.508. The number of fused-ring (bicyclic) bond motifs is 1. The molecule has 2 rings (SSSR count). The van der Waals surface area contributed by atoms with Gasteiger partial charge >= 0.3 is 11.9 Å². The fourth-order valence-corrected chi connectivity index (χ4v) is 1.95. The maximum atomic E-state index is 12.4. The Morgan fingerprint density at radius 1 is 1.17 bits per heavy atom. The first kappa shape index (κ1) is 16.3.